The molecule has 1 nitrogen and oxygen atoms in total. The Kier molecular flexibility index (Phi) is 3.88. The first kappa shape index (κ1) is 12.0. The van der Waals surface area contributed by atoms with Crippen molar-refractivity contribution in [2.24, 2.45) is 0 Å². The lowest BCUT2D eigenvalue weighted by atomic mass is 10.1. The molecule has 0 aliphatic carbocycles. The zero-order valence-electron chi connectivity index (χ0n) is 8.06. The Labute approximate surface area is 112 Å². The van der Waals surface area contributed by atoms with Gasteiger partial charge in [0.1, 0.15) is 0 Å². The highest BCUT2D eigenvalue weighted by Gasteiger charge is 2.21. The second kappa shape index (κ2) is 4.84. The van der Waals surface area contributed by atoms with Gasteiger partial charge in [-0.1, -0.05) is 0 Å². The summed E-state index contributed by atoms with van der Waals surface area (Å²) in [7, 11) is 0. The molecule has 1 heterocycles. The van der Waals surface area contributed by atoms with Crippen molar-refractivity contribution in [2.45, 2.75) is 38.5 Å². The quantitative estimate of drug-likeness (QED) is 0.496. The Morgan fingerprint density at radius 1 is 1.07 bits per heavy atom. The maximum Gasteiger partial charge on any atom is 0.0332 e. The van der Waals surface area contributed by atoms with E-state index < -0.39 is 0 Å². The van der Waals surface area contributed by atoms with Crippen LogP contribution in [0.4, 0.5) is 0 Å². The third-order valence-electron chi connectivity index (χ3n) is 2.69. The zero-order valence-corrected chi connectivity index (χ0v) is 11.6. The van der Waals surface area contributed by atoms with Crippen LogP contribution >= 0.6 is 50.5 Å². The minimum absolute atomic E-state index is 0.392. The Bertz CT molecular complexity index is 385. The summed E-state index contributed by atoms with van der Waals surface area (Å²) in [6.07, 6.45) is 2.37. The Morgan fingerprint density at radius 3 is 2.40 bits per heavy atom. The second-order valence-corrected chi connectivity index (χ2v) is 5.50. The highest BCUT2D eigenvalue weighted by molar-refractivity contribution is 7.86. The minimum Gasteiger partial charge on any atom is -0.310 e. The van der Waals surface area contributed by atoms with Crippen LogP contribution in [-0.2, 0) is 0 Å². The predicted molar refractivity (Wildman–Crippen MR) is 75.4 cm³/mol. The number of benzene rings is 1. The van der Waals surface area contributed by atoms with Gasteiger partial charge in [-0.25, -0.2) is 0 Å². The summed E-state index contributed by atoms with van der Waals surface area (Å²) in [5, 5.41) is 3.45. The lowest BCUT2D eigenvalue weighted by Crippen LogP contribution is -2.13. The largest absolute Gasteiger partial charge is 0.310 e. The molecule has 2 rings (SSSR count). The molecule has 0 spiro atoms. The van der Waals surface area contributed by atoms with Crippen LogP contribution in [0.2, 0.25) is 0 Å². The van der Waals surface area contributed by atoms with Gasteiger partial charge in [0.15, 0.2) is 0 Å². The third-order valence-corrected chi connectivity index (χ3v) is 4.97. The van der Waals surface area contributed by atoms with E-state index in [9.17, 15) is 0 Å². The van der Waals surface area contributed by atoms with E-state index in [0.717, 1.165) is 32.5 Å². The molecule has 0 aromatic heterocycles. The van der Waals surface area contributed by atoms with Crippen molar-refractivity contribution in [3.8, 4) is 0 Å². The van der Waals surface area contributed by atoms with Gasteiger partial charge in [-0.15, -0.1) is 50.5 Å². The Balaban J connectivity index is 2.47. The average molecular weight is 275 g/mol. The van der Waals surface area contributed by atoms with Crippen molar-refractivity contribution in [1.82, 2.24) is 5.32 Å². The van der Waals surface area contributed by atoms with Crippen molar-refractivity contribution >= 4 is 50.5 Å². The average Bonchev–Trinajstić information content (AvgIpc) is 2.73. The molecule has 82 valence electrons. The molecule has 5 heteroatoms. The first-order valence-corrected chi connectivity index (χ1v) is 6.60. The number of hydrogen-bond acceptors (Lipinski definition) is 5. The van der Waals surface area contributed by atoms with E-state index >= 15 is 0 Å². The summed E-state index contributed by atoms with van der Waals surface area (Å²) in [4.78, 5) is 3.40. The molecular weight excluding hydrogens is 262 g/mol. The van der Waals surface area contributed by atoms with Gasteiger partial charge >= 0.3 is 0 Å². The molecule has 1 aliphatic heterocycles. The van der Waals surface area contributed by atoms with Gasteiger partial charge in [0.05, 0.1) is 0 Å². The van der Waals surface area contributed by atoms with Crippen LogP contribution in [0.25, 0.3) is 0 Å². The van der Waals surface area contributed by atoms with Crippen LogP contribution in [0.5, 0.6) is 0 Å². The van der Waals surface area contributed by atoms with E-state index in [-0.39, 0.29) is 0 Å². The van der Waals surface area contributed by atoms with Crippen molar-refractivity contribution in [1.29, 1.82) is 0 Å². The van der Waals surface area contributed by atoms with E-state index in [1.807, 2.05) is 6.07 Å². The van der Waals surface area contributed by atoms with E-state index in [4.69, 9.17) is 0 Å². The van der Waals surface area contributed by atoms with Crippen LogP contribution in [0.1, 0.15) is 24.4 Å². The molecular formula is C10H13NS4. The Hall–Kier alpha value is 0.580. The fourth-order valence-corrected chi connectivity index (χ4v) is 3.06. The van der Waals surface area contributed by atoms with Crippen molar-refractivity contribution < 1.29 is 0 Å². The number of hydrogen-bond donors (Lipinski definition) is 5. The van der Waals surface area contributed by atoms with Gasteiger partial charge in [-0.3, -0.25) is 0 Å². The highest BCUT2D eigenvalue weighted by atomic mass is 32.1. The van der Waals surface area contributed by atoms with Crippen LogP contribution < -0.4 is 5.32 Å². The van der Waals surface area contributed by atoms with Gasteiger partial charge in [0.2, 0.25) is 0 Å². The van der Waals surface area contributed by atoms with Gasteiger partial charge in [-0.2, -0.15) is 0 Å². The molecule has 1 atom stereocenters. The molecule has 15 heavy (non-hydrogen) atoms. The summed E-state index contributed by atoms with van der Waals surface area (Å²) in [6, 6.07) is 2.43. The summed E-state index contributed by atoms with van der Waals surface area (Å²) >= 11 is 17.7. The maximum absolute atomic E-state index is 4.50. The number of nitrogens with one attached hydrogen (secondary N) is 1. The van der Waals surface area contributed by atoms with Crippen LogP contribution in [0.15, 0.2) is 25.6 Å². The summed E-state index contributed by atoms with van der Waals surface area (Å²) < 4.78 is 0. The first-order valence-electron chi connectivity index (χ1n) is 4.81. The first-order chi connectivity index (χ1) is 7.11. The standard InChI is InChI=1S/C10H13NS4/c12-7-4-5(6-2-1-3-11-6)8(13)10(15)9(7)14/h4,6,11-15H,1-3H2. The lowest BCUT2D eigenvalue weighted by Gasteiger charge is -2.17. The molecule has 0 amide bonds. The monoisotopic (exact) mass is 275 g/mol. The van der Waals surface area contributed by atoms with Gasteiger partial charge < -0.3 is 5.32 Å². The SMILES string of the molecule is Sc1cc(C2CCCN2)c(S)c(S)c1S. The minimum atomic E-state index is 0.392. The third kappa shape index (κ3) is 2.31. The Morgan fingerprint density at radius 2 is 1.80 bits per heavy atom. The summed E-state index contributed by atoms with van der Waals surface area (Å²) in [5.41, 5.74) is 1.18. The normalized spacial score (nSPS) is 20.9. The molecule has 0 bridgehead atoms. The van der Waals surface area contributed by atoms with Gasteiger partial charge in [-0.05, 0) is 31.0 Å². The van der Waals surface area contributed by atoms with Gasteiger partial charge in [0.25, 0.3) is 0 Å². The molecule has 0 saturated carbocycles. The fourth-order valence-electron chi connectivity index (χ4n) is 1.87. The van der Waals surface area contributed by atoms with Crippen LogP contribution in [0.3, 0.4) is 0 Å². The number of rotatable bonds is 1. The molecule has 1 aromatic carbocycles. The van der Waals surface area contributed by atoms with E-state index in [1.54, 1.807) is 0 Å². The molecule has 1 fully saturated rings. The van der Waals surface area contributed by atoms with Crippen LogP contribution in [-0.4, -0.2) is 6.54 Å². The predicted octanol–water partition coefficient (Wildman–Crippen LogP) is 3.27. The molecule has 1 aromatic rings. The van der Waals surface area contributed by atoms with Crippen molar-refractivity contribution in [3.63, 3.8) is 0 Å². The molecule has 1 aliphatic rings. The fraction of sp³-hybridized carbons (Fsp3) is 0.400. The van der Waals surface area contributed by atoms with Crippen molar-refractivity contribution in [3.05, 3.63) is 11.6 Å². The van der Waals surface area contributed by atoms with E-state index in [1.165, 1.54) is 12.0 Å². The zero-order chi connectivity index (χ0) is 11.0. The summed E-state index contributed by atoms with van der Waals surface area (Å²) in [6.45, 7) is 1.07. The summed E-state index contributed by atoms with van der Waals surface area (Å²) in [5.74, 6) is 0. The molecule has 1 saturated heterocycles. The van der Waals surface area contributed by atoms with Gasteiger partial charge in [0, 0.05) is 25.6 Å². The van der Waals surface area contributed by atoms with E-state index in [0.29, 0.717) is 6.04 Å². The second-order valence-electron chi connectivity index (χ2n) is 3.68. The molecule has 1 unspecified atom stereocenters. The lowest BCUT2D eigenvalue weighted by molar-refractivity contribution is 0.628. The van der Waals surface area contributed by atoms with Crippen LogP contribution in [0, 0.1) is 0 Å². The van der Waals surface area contributed by atoms with E-state index in [2.05, 4.69) is 55.8 Å². The van der Waals surface area contributed by atoms with Crippen molar-refractivity contribution in [2.75, 3.05) is 6.54 Å². The smallest absolute Gasteiger partial charge is 0.0332 e. The number of thiol groups is 4. The molecule has 0 radical (unpaired) electrons. The topological polar surface area (TPSA) is 12.0 Å². The molecule has 1 N–H and O–H groups in total. The highest BCUT2D eigenvalue weighted by Crippen LogP contribution is 2.38. The maximum atomic E-state index is 4.50.